The third-order valence-electron chi connectivity index (χ3n) is 19.3. The molecule has 1 saturated heterocycles. The van der Waals surface area contributed by atoms with Gasteiger partial charge in [0.15, 0.2) is 28.6 Å². The molecular formula is C77H90F2N10O10. The first-order valence-electron chi connectivity index (χ1n) is 35.2. The molecular weight excluding hydrogens is 1260 g/mol. The first kappa shape index (κ1) is 70.9. The van der Waals surface area contributed by atoms with Crippen LogP contribution >= 0.6 is 0 Å². The molecule has 8 aromatic rings. The maximum atomic E-state index is 13.1. The van der Waals surface area contributed by atoms with E-state index in [1.165, 1.54) is 30.7 Å². The third-order valence-corrected chi connectivity index (χ3v) is 19.3. The smallest absolute Gasteiger partial charge is 0.274 e. The number of nitrogens with zero attached hydrogens (tertiary/aromatic N) is 5. The lowest BCUT2D eigenvalue weighted by Crippen LogP contribution is -2.47. The first-order valence-corrected chi connectivity index (χ1v) is 35.2. The van der Waals surface area contributed by atoms with Gasteiger partial charge in [0.25, 0.3) is 23.6 Å². The number of likely N-dealkylation sites (tertiary alicyclic amines) is 1. The van der Waals surface area contributed by atoms with E-state index in [1.54, 1.807) is 55.5 Å². The van der Waals surface area contributed by atoms with Crippen LogP contribution in [0.3, 0.4) is 0 Å². The van der Waals surface area contributed by atoms with Gasteiger partial charge in [-0.15, -0.1) is 0 Å². The van der Waals surface area contributed by atoms with Gasteiger partial charge in [-0.3, -0.25) is 28.8 Å². The second-order valence-corrected chi connectivity index (χ2v) is 27.6. The molecule has 5 aliphatic carbocycles. The highest BCUT2D eigenvalue weighted by molar-refractivity contribution is 5.97. The molecule has 5 amide bonds. The molecule has 99 heavy (non-hydrogen) atoms. The zero-order chi connectivity index (χ0) is 69.5. The standard InChI is InChI=1S/C22H28N4O3.C22H26N2O3.C17H19FN2O2.C16H17FN2O2/c1-14(23)22(28)26-11-9-17(10-12-26)20(16-5-3-2-4-6-16)24-21(27)18-13-19(29-25-18)15-7-8-15;25-19(13-15-7-3-1-4-8-15)21(17-9-5-2-6-10-17)23-22(26)18-14-20(27-24-18)16-11-12-16;1-10(2)16(12-5-7-13(18)8-6-12)19-17(21)14-9-15(22-20-14)11-3-4-11;1-2-13(10-5-7-12(17)8-6-10)18-16(20)14-9-15(21-19-14)11-3-4-11/h2-6,13-15,17,20H,7-12,23H2,1H3,(H,24,27);1,3-4,7-8,14,16-17,21H,2,5-6,9-13H2,(H,23,26);5-11,16H,3-4H2,1-2H3,(H,19,21);5-9,11,13H,2-4H2,1H3,(H,18,20)/t14-,20-;;;/m0.../s1. The highest BCUT2D eigenvalue weighted by Gasteiger charge is 2.37. The Morgan fingerprint density at radius 1 is 0.485 bits per heavy atom. The molecule has 5 atom stereocenters. The van der Waals surface area contributed by atoms with E-state index in [4.69, 9.17) is 23.8 Å². The quantitative estimate of drug-likeness (QED) is 0.0398. The molecule has 4 aromatic heterocycles. The number of benzene rings is 4. The molecule has 6 aliphatic rings. The molecule has 3 unspecified atom stereocenters. The Labute approximate surface area is 575 Å². The van der Waals surface area contributed by atoms with Crippen LogP contribution in [0.5, 0.6) is 0 Å². The molecule has 22 heteroatoms. The summed E-state index contributed by atoms with van der Waals surface area (Å²) in [7, 11) is 0. The Morgan fingerprint density at radius 3 is 1.32 bits per heavy atom. The average molecular weight is 1350 g/mol. The topological polar surface area (TPSA) is 284 Å². The number of ketones is 1. The Morgan fingerprint density at radius 2 is 0.899 bits per heavy atom. The molecule has 522 valence electrons. The van der Waals surface area contributed by atoms with Crippen molar-refractivity contribution in [1.29, 1.82) is 0 Å². The van der Waals surface area contributed by atoms with Crippen LogP contribution in [-0.4, -0.2) is 86.0 Å². The lowest BCUT2D eigenvalue weighted by atomic mass is 9.81. The molecule has 5 heterocycles. The van der Waals surface area contributed by atoms with E-state index >= 15 is 0 Å². The fourth-order valence-electron chi connectivity index (χ4n) is 12.8. The van der Waals surface area contributed by atoms with Crippen molar-refractivity contribution < 1.29 is 55.6 Å². The van der Waals surface area contributed by atoms with Crippen molar-refractivity contribution >= 4 is 35.3 Å². The van der Waals surface area contributed by atoms with Gasteiger partial charge in [-0.1, -0.05) is 146 Å². The molecule has 0 bridgehead atoms. The number of nitrogens with two attached hydrogens (primary N) is 1. The molecule has 1 aliphatic heterocycles. The van der Waals surface area contributed by atoms with Crippen molar-refractivity contribution in [1.82, 2.24) is 46.8 Å². The van der Waals surface area contributed by atoms with Gasteiger partial charge in [-0.05, 0) is 155 Å². The van der Waals surface area contributed by atoms with Crippen molar-refractivity contribution in [3.05, 3.63) is 213 Å². The fraction of sp³-hybridized carbons (Fsp3) is 0.455. The Kier molecular flexibility index (Phi) is 23.9. The number of nitrogens with one attached hydrogen (secondary N) is 4. The third kappa shape index (κ3) is 19.9. The normalized spacial score (nSPS) is 17.7. The number of hydrogen-bond donors (Lipinski definition) is 5. The summed E-state index contributed by atoms with van der Waals surface area (Å²) < 4.78 is 47.0. The van der Waals surface area contributed by atoms with Crippen LogP contribution in [0.4, 0.5) is 8.78 Å². The van der Waals surface area contributed by atoms with E-state index in [0.717, 1.165) is 135 Å². The highest BCUT2D eigenvalue weighted by Crippen LogP contribution is 2.43. The number of carbonyl (C=O) groups excluding carboxylic acids is 6. The van der Waals surface area contributed by atoms with Gasteiger partial charge in [-0.2, -0.15) is 0 Å². The highest BCUT2D eigenvalue weighted by atomic mass is 19.1. The maximum absolute atomic E-state index is 13.1. The van der Waals surface area contributed by atoms with Crippen LogP contribution in [0.15, 0.2) is 152 Å². The number of hydrogen-bond acceptors (Lipinski definition) is 15. The number of carbonyl (C=O) groups is 6. The van der Waals surface area contributed by atoms with E-state index in [9.17, 15) is 37.5 Å². The molecule has 0 spiro atoms. The van der Waals surface area contributed by atoms with Gasteiger partial charge in [0.05, 0.1) is 30.2 Å². The summed E-state index contributed by atoms with van der Waals surface area (Å²) in [5.74, 6) is 3.87. The fourth-order valence-corrected chi connectivity index (χ4v) is 12.8. The number of aromatic nitrogens is 4. The molecule has 20 nitrogen and oxygen atoms in total. The monoisotopic (exact) mass is 1350 g/mol. The summed E-state index contributed by atoms with van der Waals surface area (Å²) in [5.41, 5.74) is 10.7. The summed E-state index contributed by atoms with van der Waals surface area (Å²) in [6.07, 6.45) is 16.9. The Hall–Kier alpha value is -9.44. The number of amides is 5. The Balaban J connectivity index is 0.000000134. The number of Topliss-reactive ketones (excluding diaryl/α,β-unsaturated/α-hetero) is 1. The summed E-state index contributed by atoms with van der Waals surface area (Å²) in [6, 6.07) is 37.5. The molecule has 0 radical (unpaired) electrons. The van der Waals surface area contributed by atoms with Crippen LogP contribution in [0, 0.1) is 29.4 Å². The molecule has 4 aromatic carbocycles. The molecule has 14 rings (SSSR count). The van der Waals surface area contributed by atoms with Crippen molar-refractivity contribution in [3.8, 4) is 0 Å². The summed E-state index contributed by atoms with van der Waals surface area (Å²) in [4.78, 5) is 77.2. The van der Waals surface area contributed by atoms with Crippen molar-refractivity contribution in [2.24, 2.45) is 23.5 Å². The van der Waals surface area contributed by atoms with Gasteiger partial charge >= 0.3 is 0 Å². The average Bonchev–Trinajstić information content (AvgIpc) is 1.78. The summed E-state index contributed by atoms with van der Waals surface area (Å²) in [5, 5.41) is 27.6. The predicted molar refractivity (Wildman–Crippen MR) is 365 cm³/mol. The minimum Gasteiger partial charge on any atom is -0.360 e. The van der Waals surface area contributed by atoms with Crippen molar-refractivity contribution in [2.45, 2.75) is 191 Å². The van der Waals surface area contributed by atoms with E-state index in [1.807, 2.05) is 86.3 Å². The molecule has 6 N–H and O–H groups in total. The van der Waals surface area contributed by atoms with Gasteiger partial charge < -0.3 is 50.0 Å². The zero-order valence-electron chi connectivity index (χ0n) is 56.7. The zero-order valence-corrected chi connectivity index (χ0v) is 56.7. The van der Waals surface area contributed by atoms with Crippen LogP contribution in [0.25, 0.3) is 0 Å². The van der Waals surface area contributed by atoms with E-state index in [-0.39, 0.29) is 88.5 Å². The lowest BCUT2D eigenvalue weighted by molar-refractivity contribution is -0.133. The number of rotatable bonds is 23. The first-order chi connectivity index (χ1) is 47.9. The SMILES string of the molecule is CC(C)C(NC(=O)c1cc(C2CC2)on1)c1ccc(F)cc1.CCC(NC(=O)c1cc(C2CC2)on1)c1ccc(F)cc1.C[C@H](N)C(=O)N1CCC([C@@H](NC(=O)c2cc(C3CC3)on2)c2ccccc2)CC1.O=C(NC(C(=O)Cc1ccccc1)C1CCCCC1)c1cc(C2CC2)on1. The lowest BCUT2D eigenvalue weighted by Gasteiger charge is -2.37. The number of halogens is 2. The van der Waals surface area contributed by atoms with Gasteiger partial charge in [0.1, 0.15) is 34.7 Å². The summed E-state index contributed by atoms with van der Waals surface area (Å²) >= 11 is 0. The minimum atomic E-state index is -0.482. The van der Waals surface area contributed by atoms with Gasteiger partial charge in [-0.25, -0.2) is 8.78 Å². The van der Waals surface area contributed by atoms with Crippen molar-refractivity contribution in [3.63, 3.8) is 0 Å². The van der Waals surface area contributed by atoms with E-state index in [2.05, 4.69) is 41.9 Å². The second kappa shape index (κ2) is 33.4. The largest absolute Gasteiger partial charge is 0.360 e. The summed E-state index contributed by atoms with van der Waals surface area (Å²) in [6.45, 7) is 9.00. The maximum Gasteiger partial charge on any atom is 0.274 e. The van der Waals surface area contributed by atoms with E-state index in [0.29, 0.717) is 66.7 Å². The van der Waals surface area contributed by atoms with Gasteiger partial charge in [0.2, 0.25) is 5.91 Å². The minimum absolute atomic E-state index is 0.0149. The molecule has 5 saturated carbocycles. The van der Waals surface area contributed by atoms with Crippen LogP contribution in [0.1, 0.15) is 259 Å². The number of piperidine rings is 1. The van der Waals surface area contributed by atoms with Crippen LogP contribution < -0.4 is 27.0 Å². The van der Waals surface area contributed by atoms with Crippen LogP contribution in [0.2, 0.25) is 0 Å². The van der Waals surface area contributed by atoms with Gasteiger partial charge in [0, 0.05) is 67.4 Å². The second-order valence-electron chi connectivity index (χ2n) is 27.6. The molecule has 6 fully saturated rings. The van der Waals surface area contributed by atoms with Crippen molar-refractivity contribution in [2.75, 3.05) is 13.1 Å². The van der Waals surface area contributed by atoms with Crippen LogP contribution in [-0.2, 0) is 16.0 Å². The van der Waals surface area contributed by atoms with E-state index < -0.39 is 12.1 Å². The Bertz CT molecular complexity index is 3950. The predicted octanol–water partition coefficient (Wildman–Crippen LogP) is 14.0.